The number of carbonyl (C=O) groups excluding carboxylic acids is 2. The van der Waals surface area contributed by atoms with E-state index in [4.69, 9.17) is 0 Å². The summed E-state index contributed by atoms with van der Waals surface area (Å²) < 4.78 is 0. The first-order chi connectivity index (χ1) is 6.27. The van der Waals surface area contributed by atoms with Gasteiger partial charge in [-0.05, 0) is 33.3 Å². The van der Waals surface area contributed by atoms with Gasteiger partial charge in [-0.3, -0.25) is 9.59 Å². The molecular formula is C11H14O3. The monoisotopic (exact) mass is 194 g/mol. The lowest BCUT2D eigenvalue weighted by Gasteiger charge is -2.25. The molecule has 0 aromatic rings. The van der Waals surface area contributed by atoms with Gasteiger partial charge in [-0.25, -0.2) is 0 Å². The van der Waals surface area contributed by atoms with Gasteiger partial charge in [0, 0.05) is 5.41 Å². The summed E-state index contributed by atoms with van der Waals surface area (Å²) in [6.45, 7) is 6.44. The lowest BCUT2D eigenvalue weighted by Crippen LogP contribution is -2.31. The fourth-order valence-corrected chi connectivity index (χ4v) is 1.63. The van der Waals surface area contributed by atoms with Gasteiger partial charge in [-0.15, -0.1) is 0 Å². The Morgan fingerprint density at radius 2 is 1.93 bits per heavy atom. The van der Waals surface area contributed by atoms with E-state index < -0.39 is 5.41 Å². The Balaban J connectivity index is 3.38. The van der Waals surface area contributed by atoms with E-state index in [1.54, 1.807) is 26.8 Å². The summed E-state index contributed by atoms with van der Waals surface area (Å²) in [6.07, 6.45) is 1.68. The van der Waals surface area contributed by atoms with Crippen molar-refractivity contribution in [2.75, 3.05) is 0 Å². The third-order valence-electron chi connectivity index (χ3n) is 2.35. The molecule has 14 heavy (non-hydrogen) atoms. The molecule has 3 heteroatoms. The highest BCUT2D eigenvalue weighted by molar-refractivity contribution is 6.23. The largest absolute Gasteiger partial charge is 0.507 e. The Kier molecular flexibility index (Phi) is 2.36. The van der Waals surface area contributed by atoms with Crippen LogP contribution in [0, 0.1) is 5.41 Å². The molecule has 0 aromatic heterocycles. The molecule has 0 radical (unpaired) electrons. The van der Waals surface area contributed by atoms with Crippen molar-refractivity contribution in [2.24, 2.45) is 5.41 Å². The molecule has 0 heterocycles. The molecule has 0 bridgehead atoms. The molecule has 76 valence electrons. The van der Waals surface area contributed by atoms with Crippen molar-refractivity contribution in [1.29, 1.82) is 0 Å². The zero-order chi connectivity index (χ0) is 11.1. The Bertz CT molecular complexity index is 370. The molecule has 0 atom stereocenters. The van der Waals surface area contributed by atoms with E-state index in [1.165, 1.54) is 6.92 Å². The van der Waals surface area contributed by atoms with Crippen LogP contribution in [0.5, 0.6) is 0 Å². The molecular weight excluding hydrogens is 180 g/mol. The van der Waals surface area contributed by atoms with Gasteiger partial charge in [-0.2, -0.15) is 0 Å². The maximum atomic E-state index is 11.8. The van der Waals surface area contributed by atoms with Gasteiger partial charge in [0.15, 0.2) is 11.6 Å². The van der Waals surface area contributed by atoms with Crippen molar-refractivity contribution in [3.8, 4) is 0 Å². The molecule has 1 aliphatic carbocycles. The molecule has 3 nitrogen and oxygen atoms in total. The van der Waals surface area contributed by atoms with Crippen LogP contribution in [0.3, 0.4) is 0 Å². The van der Waals surface area contributed by atoms with Gasteiger partial charge in [0.25, 0.3) is 0 Å². The first-order valence-corrected chi connectivity index (χ1v) is 4.46. The van der Waals surface area contributed by atoms with Crippen LogP contribution >= 0.6 is 0 Å². The molecule has 0 amide bonds. The number of aliphatic hydroxyl groups excluding tert-OH is 1. The highest BCUT2D eigenvalue weighted by atomic mass is 16.3. The van der Waals surface area contributed by atoms with Crippen molar-refractivity contribution in [1.82, 2.24) is 0 Å². The summed E-state index contributed by atoms with van der Waals surface area (Å²) in [5.74, 6) is -0.872. The van der Waals surface area contributed by atoms with Crippen LogP contribution in [-0.2, 0) is 9.59 Å². The van der Waals surface area contributed by atoms with Crippen molar-refractivity contribution in [2.45, 2.75) is 27.7 Å². The van der Waals surface area contributed by atoms with Crippen LogP contribution in [0.2, 0.25) is 0 Å². The topological polar surface area (TPSA) is 54.4 Å². The number of ketones is 2. The molecule has 0 fully saturated rings. The zero-order valence-corrected chi connectivity index (χ0v) is 8.84. The Hall–Kier alpha value is -1.38. The van der Waals surface area contributed by atoms with Gasteiger partial charge >= 0.3 is 0 Å². The molecule has 0 saturated carbocycles. The van der Waals surface area contributed by atoms with E-state index in [1.807, 2.05) is 0 Å². The zero-order valence-electron chi connectivity index (χ0n) is 8.84. The number of Topliss-reactive ketones (excluding diaryl/α,β-unsaturated/α-hetero) is 2. The van der Waals surface area contributed by atoms with Gasteiger partial charge in [0.1, 0.15) is 11.3 Å². The van der Waals surface area contributed by atoms with E-state index in [0.29, 0.717) is 5.57 Å². The van der Waals surface area contributed by atoms with Gasteiger partial charge in [-0.1, -0.05) is 6.08 Å². The predicted molar refractivity (Wildman–Crippen MR) is 52.9 cm³/mol. The smallest absolute Gasteiger partial charge is 0.179 e. The number of aliphatic hydroxyl groups is 1. The fourth-order valence-electron chi connectivity index (χ4n) is 1.63. The van der Waals surface area contributed by atoms with Crippen LogP contribution < -0.4 is 0 Å². The first-order valence-electron chi connectivity index (χ1n) is 4.46. The summed E-state index contributed by atoms with van der Waals surface area (Å²) in [5, 5.41) is 9.58. The number of hydrogen-bond acceptors (Lipinski definition) is 3. The van der Waals surface area contributed by atoms with Gasteiger partial charge in [0.2, 0.25) is 0 Å². The fraction of sp³-hybridized carbons (Fsp3) is 0.455. The number of allylic oxidation sites excluding steroid dienone is 3. The quantitative estimate of drug-likeness (QED) is 0.649. The maximum absolute atomic E-state index is 11.8. The second-order valence-electron chi connectivity index (χ2n) is 4.16. The summed E-state index contributed by atoms with van der Waals surface area (Å²) in [4.78, 5) is 22.9. The van der Waals surface area contributed by atoms with Crippen molar-refractivity contribution in [3.05, 3.63) is 23.0 Å². The third-order valence-corrected chi connectivity index (χ3v) is 2.35. The van der Waals surface area contributed by atoms with E-state index in [2.05, 4.69) is 0 Å². The molecule has 0 aliphatic heterocycles. The summed E-state index contributed by atoms with van der Waals surface area (Å²) >= 11 is 0. The van der Waals surface area contributed by atoms with Crippen molar-refractivity contribution >= 4 is 11.6 Å². The SMILES string of the molecule is CC(=O)C1=C(O)C(C)=CC(C)(C)C1=O. The second kappa shape index (κ2) is 3.08. The molecule has 1 N–H and O–H groups in total. The number of carbonyl (C=O) groups is 2. The van der Waals surface area contributed by atoms with Crippen LogP contribution in [-0.4, -0.2) is 16.7 Å². The third kappa shape index (κ3) is 1.50. The summed E-state index contributed by atoms with van der Waals surface area (Å²) in [7, 11) is 0. The average Bonchev–Trinajstić information content (AvgIpc) is 2.00. The number of rotatable bonds is 1. The Labute approximate surface area is 83.1 Å². The molecule has 0 spiro atoms. The van der Waals surface area contributed by atoms with E-state index >= 15 is 0 Å². The molecule has 1 aliphatic rings. The van der Waals surface area contributed by atoms with Crippen LogP contribution in [0.15, 0.2) is 23.0 Å². The Morgan fingerprint density at radius 1 is 1.43 bits per heavy atom. The maximum Gasteiger partial charge on any atom is 0.179 e. The van der Waals surface area contributed by atoms with Gasteiger partial charge in [0.05, 0.1) is 0 Å². The summed E-state index contributed by atoms with van der Waals surface area (Å²) in [6, 6.07) is 0. The summed E-state index contributed by atoms with van der Waals surface area (Å²) in [5.41, 5.74) is -0.188. The predicted octanol–water partition coefficient (Wildman–Crippen LogP) is 1.94. The van der Waals surface area contributed by atoms with Crippen LogP contribution in [0.4, 0.5) is 0 Å². The van der Waals surface area contributed by atoms with Gasteiger partial charge < -0.3 is 5.11 Å². The first kappa shape index (κ1) is 10.7. The molecule has 1 rings (SSSR count). The van der Waals surface area contributed by atoms with Crippen molar-refractivity contribution < 1.29 is 14.7 Å². The molecule has 0 aromatic carbocycles. The lowest BCUT2D eigenvalue weighted by molar-refractivity contribution is -0.125. The highest BCUT2D eigenvalue weighted by Gasteiger charge is 2.36. The standard InChI is InChI=1S/C11H14O3/c1-6-5-11(3,4)10(14)8(7(2)12)9(6)13/h5,13H,1-4H3. The van der Waals surface area contributed by atoms with Crippen LogP contribution in [0.1, 0.15) is 27.7 Å². The van der Waals surface area contributed by atoms with Crippen LogP contribution in [0.25, 0.3) is 0 Å². The second-order valence-corrected chi connectivity index (χ2v) is 4.16. The van der Waals surface area contributed by atoms with Crippen molar-refractivity contribution in [3.63, 3.8) is 0 Å². The minimum absolute atomic E-state index is 0.0741. The normalized spacial score (nSPS) is 20.9. The lowest BCUT2D eigenvalue weighted by atomic mass is 9.76. The highest BCUT2D eigenvalue weighted by Crippen LogP contribution is 2.33. The average molecular weight is 194 g/mol. The number of hydrogen-bond donors (Lipinski definition) is 1. The minimum Gasteiger partial charge on any atom is -0.507 e. The van der Waals surface area contributed by atoms with E-state index in [-0.39, 0.29) is 22.9 Å². The van der Waals surface area contributed by atoms with E-state index in [9.17, 15) is 14.7 Å². The Morgan fingerprint density at radius 3 is 2.36 bits per heavy atom. The minimum atomic E-state index is -0.697. The molecule has 0 unspecified atom stereocenters. The van der Waals surface area contributed by atoms with E-state index in [0.717, 1.165) is 0 Å². The molecule has 0 saturated heterocycles.